The normalized spacial score (nSPS) is 25.3. The Morgan fingerprint density at radius 2 is 1.85 bits per heavy atom. The minimum Gasteiger partial charge on any atom is -0.490 e. The van der Waals surface area contributed by atoms with Gasteiger partial charge in [0.2, 0.25) is 0 Å². The number of fused-ring (bicyclic) bond motifs is 1. The predicted octanol–water partition coefficient (Wildman–Crippen LogP) is 5.33. The van der Waals surface area contributed by atoms with Crippen molar-refractivity contribution in [3.05, 3.63) is 29.3 Å². The van der Waals surface area contributed by atoms with Gasteiger partial charge < -0.3 is 19.1 Å². The molecule has 34 heavy (non-hydrogen) atoms. The highest BCUT2D eigenvalue weighted by atomic mass is 16.6. The fourth-order valence-electron chi connectivity index (χ4n) is 6.50. The molecule has 186 valence electrons. The van der Waals surface area contributed by atoms with Gasteiger partial charge in [-0.05, 0) is 94.2 Å². The molecule has 2 aliphatic carbocycles. The van der Waals surface area contributed by atoms with Crippen LogP contribution < -0.4 is 4.74 Å². The SMILES string of the molecule is COC(=O)C(C)C(c1ccc2c(c1)OC(C1CC3(C1)CN(C(=O)OC(C)(C)C)C3)CC2)C1CC1. The molecule has 2 aliphatic heterocycles. The van der Waals surface area contributed by atoms with Gasteiger partial charge in [-0.15, -0.1) is 0 Å². The molecular weight excluding hydrogens is 430 g/mol. The monoisotopic (exact) mass is 469 g/mol. The molecule has 2 saturated carbocycles. The Bertz CT molecular complexity index is 948. The highest BCUT2D eigenvalue weighted by Crippen LogP contribution is 2.55. The third kappa shape index (κ3) is 4.52. The number of esters is 1. The zero-order chi connectivity index (χ0) is 24.3. The summed E-state index contributed by atoms with van der Waals surface area (Å²) in [5.74, 6) is 2.03. The van der Waals surface area contributed by atoms with Gasteiger partial charge in [0.05, 0.1) is 13.0 Å². The van der Waals surface area contributed by atoms with E-state index in [1.165, 1.54) is 31.1 Å². The van der Waals surface area contributed by atoms with E-state index in [9.17, 15) is 9.59 Å². The van der Waals surface area contributed by atoms with Crippen molar-refractivity contribution in [2.75, 3.05) is 20.2 Å². The highest BCUT2D eigenvalue weighted by Gasteiger charge is 2.56. The first-order chi connectivity index (χ1) is 16.1. The Morgan fingerprint density at radius 3 is 2.47 bits per heavy atom. The van der Waals surface area contributed by atoms with E-state index in [1.807, 2.05) is 32.6 Å². The van der Waals surface area contributed by atoms with Crippen molar-refractivity contribution < 1.29 is 23.8 Å². The Labute approximate surface area is 203 Å². The molecule has 1 aromatic carbocycles. The van der Waals surface area contributed by atoms with Crippen LogP contribution in [-0.2, 0) is 20.7 Å². The van der Waals surface area contributed by atoms with Gasteiger partial charge in [0.1, 0.15) is 17.5 Å². The van der Waals surface area contributed by atoms with E-state index in [-0.39, 0.29) is 35.4 Å². The molecule has 3 atom stereocenters. The number of carbonyl (C=O) groups excluding carboxylic acids is 2. The van der Waals surface area contributed by atoms with E-state index in [1.54, 1.807) is 0 Å². The first-order valence-electron chi connectivity index (χ1n) is 12.9. The second-order valence-corrected chi connectivity index (χ2v) is 12.2. The zero-order valence-electron chi connectivity index (χ0n) is 21.3. The van der Waals surface area contributed by atoms with Gasteiger partial charge in [0.15, 0.2) is 0 Å². The first-order valence-corrected chi connectivity index (χ1v) is 12.9. The summed E-state index contributed by atoms with van der Waals surface area (Å²) in [6.45, 7) is 9.33. The average molecular weight is 470 g/mol. The predicted molar refractivity (Wildman–Crippen MR) is 129 cm³/mol. The minimum absolute atomic E-state index is 0.130. The number of likely N-dealkylation sites (tertiary alicyclic amines) is 1. The standard InChI is InChI=1S/C28H39NO5/c1-17(25(30)32-5)24(19-7-8-19)20-9-6-18-10-11-22(33-23(18)12-20)21-13-28(14-21)15-29(16-28)26(31)34-27(2,3)4/h6,9,12,17,19,21-22,24H,7-8,10-11,13-16H2,1-5H3. The lowest BCUT2D eigenvalue weighted by atomic mass is 9.56. The molecule has 4 aliphatic rings. The van der Waals surface area contributed by atoms with Crippen LogP contribution in [0.15, 0.2) is 18.2 Å². The van der Waals surface area contributed by atoms with E-state index < -0.39 is 5.60 Å². The van der Waals surface area contributed by atoms with Crippen LogP contribution in [-0.4, -0.2) is 48.9 Å². The van der Waals surface area contributed by atoms with Crippen LogP contribution in [0.2, 0.25) is 0 Å². The third-order valence-electron chi connectivity index (χ3n) is 8.31. The molecule has 3 unspecified atom stereocenters. The van der Waals surface area contributed by atoms with Gasteiger partial charge in [-0.25, -0.2) is 4.79 Å². The molecular formula is C28H39NO5. The molecule has 2 heterocycles. The number of aryl methyl sites for hydroxylation is 1. The van der Waals surface area contributed by atoms with Crippen molar-refractivity contribution >= 4 is 12.1 Å². The summed E-state index contributed by atoms with van der Waals surface area (Å²) in [4.78, 5) is 26.4. The topological polar surface area (TPSA) is 65.1 Å². The van der Waals surface area contributed by atoms with Crippen LogP contribution in [0.25, 0.3) is 0 Å². The van der Waals surface area contributed by atoms with Gasteiger partial charge in [-0.1, -0.05) is 19.1 Å². The van der Waals surface area contributed by atoms with E-state index in [0.717, 1.165) is 44.5 Å². The molecule has 1 spiro atoms. The maximum Gasteiger partial charge on any atom is 0.410 e. The van der Waals surface area contributed by atoms with E-state index in [0.29, 0.717) is 11.8 Å². The lowest BCUT2D eigenvalue weighted by Gasteiger charge is -2.60. The van der Waals surface area contributed by atoms with Crippen molar-refractivity contribution in [2.45, 2.75) is 83.8 Å². The molecule has 3 fully saturated rings. The number of benzene rings is 1. The molecule has 0 N–H and O–H groups in total. The van der Waals surface area contributed by atoms with Crippen molar-refractivity contribution in [3.8, 4) is 5.75 Å². The lowest BCUT2D eigenvalue weighted by molar-refractivity contribution is -0.145. The highest BCUT2D eigenvalue weighted by molar-refractivity contribution is 5.73. The summed E-state index contributed by atoms with van der Waals surface area (Å²) in [6, 6.07) is 6.60. The maximum absolute atomic E-state index is 12.3. The fraction of sp³-hybridized carbons (Fsp3) is 0.714. The van der Waals surface area contributed by atoms with Gasteiger partial charge in [-0.2, -0.15) is 0 Å². The van der Waals surface area contributed by atoms with Crippen LogP contribution in [0.4, 0.5) is 4.79 Å². The first kappa shape index (κ1) is 23.5. The van der Waals surface area contributed by atoms with Crippen molar-refractivity contribution in [3.63, 3.8) is 0 Å². The second-order valence-electron chi connectivity index (χ2n) is 12.2. The molecule has 5 rings (SSSR count). The van der Waals surface area contributed by atoms with E-state index in [2.05, 4.69) is 18.2 Å². The number of nitrogens with zero attached hydrogens (tertiary/aromatic N) is 1. The molecule has 0 bridgehead atoms. The summed E-state index contributed by atoms with van der Waals surface area (Å²) in [7, 11) is 1.48. The third-order valence-corrected chi connectivity index (χ3v) is 8.31. The molecule has 6 heteroatoms. The summed E-state index contributed by atoms with van der Waals surface area (Å²) in [5.41, 5.74) is 2.29. The number of ether oxygens (including phenoxy) is 3. The molecule has 6 nitrogen and oxygen atoms in total. The Hall–Kier alpha value is -2.24. The fourth-order valence-corrected chi connectivity index (χ4v) is 6.50. The van der Waals surface area contributed by atoms with Crippen LogP contribution >= 0.6 is 0 Å². The summed E-state index contributed by atoms with van der Waals surface area (Å²) in [6.07, 6.45) is 6.73. The number of methoxy groups -OCH3 is 1. The van der Waals surface area contributed by atoms with Crippen LogP contribution in [0, 0.1) is 23.2 Å². The van der Waals surface area contributed by atoms with Crippen LogP contribution in [0.3, 0.4) is 0 Å². The molecule has 1 saturated heterocycles. The molecule has 1 amide bonds. The summed E-state index contributed by atoms with van der Waals surface area (Å²) < 4.78 is 17.1. The van der Waals surface area contributed by atoms with Gasteiger partial charge in [-0.3, -0.25) is 4.79 Å². The summed E-state index contributed by atoms with van der Waals surface area (Å²) in [5, 5.41) is 0. The lowest BCUT2D eigenvalue weighted by Crippen LogP contribution is -2.65. The smallest absolute Gasteiger partial charge is 0.410 e. The Kier molecular flexibility index (Phi) is 5.84. The number of hydrogen-bond acceptors (Lipinski definition) is 5. The maximum atomic E-state index is 12.3. The van der Waals surface area contributed by atoms with Gasteiger partial charge in [0, 0.05) is 18.5 Å². The van der Waals surface area contributed by atoms with Crippen LogP contribution in [0.5, 0.6) is 5.75 Å². The molecule has 1 aromatic rings. The number of carbonyl (C=O) groups is 2. The van der Waals surface area contributed by atoms with Crippen molar-refractivity contribution in [1.29, 1.82) is 0 Å². The van der Waals surface area contributed by atoms with Gasteiger partial charge in [0.25, 0.3) is 0 Å². The van der Waals surface area contributed by atoms with Crippen LogP contribution in [0.1, 0.15) is 76.8 Å². The quantitative estimate of drug-likeness (QED) is 0.546. The largest absolute Gasteiger partial charge is 0.490 e. The average Bonchev–Trinajstić information content (AvgIpc) is 3.54. The van der Waals surface area contributed by atoms with Crippen molar-refractivity contribution in [2.24, 2.45) is 23.2 Å². The van der Waals surface area contributed by atoms with E-state index >= 15 is 0 Å². The van der Waals surface area contributed by atoms with E-state index in [4.69, 9.17) is 14.2 Å². The molecule has 0 aromatic heterocycles. The summed E-state index contributed by atoms with van der Waals surface area (Å²) >= 11 is 0. The minimum atomic E-state index is -0.447. The Balaban J connectivity index is 1.19. The second kappa shape index (κ2) is 8.46. The number of amides is 1. The number of rotatable bonds is 5. The molecule has 0 radical (unpaired) electrons. The van der Waals surface area contributed by atoms with Gasteiger partial charge >= 0.3 is 12.1 Å². The number of hydrogen-bond donors (Lipinski definition) is 0. The zero-order valence-corrected chi connectivity index (χ0v) is 21.3. The van der Waals surface area contributed by atoms with Crippen molar-refractivity contribution in [1.82, 2.24) is 4.90 Å². The Morgan fingerprint density at radius 1 is 1.15 bits per heavy atom.